The Hall–Kier alpha value is -3.07. The van der Waals surface area contributed by atoms with E-state index in [1.54, 1.807) is 12.0 Å². The van der Waals surface area contributed by atoms with E-state index in [9.17, 15) is 24.6 Å². The summed E-state index contributed by atoms with van der Waals surface area (Å²) in [5, 5.41) is 22.8. The smallest absolute Gasteiger partial charge is 0.330 e. The fraction of sp³-hybridized carbons (Fsp3) is 0.560. The Morgan fingerprint density at radius 1 is 1.21 bits per heavy atom. The molecule has 1 saturated heterocycles. The lowest BCUT2D eigenvalue weighted by Gasteiger charge is -2.32. The molecule has 34 heavy (non-hydrogen) atoms. The molecule has 4 atom stereocenters. The van der Waals surface area contributed by atoms with Crippen molar-refractivity contribution in [3.05, 3.63) is 42.0 Å². The molecular formula is C25H33N3O6. The summed E-state index contributed by atoms with van der Waals surface area (Å²) in [5.74, 6) is -1.13. The number of carboxylic acids is 1. The van der Waals surface area contributed by atoms with Gasteiger partial charge in [-0.1, -0.05) is 30.7 Å². The Bertz CT molecular complexity index is 948. The number of nitrogens with zero attached hydrogens (tertiary/aromatic N) is 2. The molecule has 9 nitrogen and oxygen atoms in total. The van der Waals surface area contributed by atoms with E-state index in [-0.39, 0.29) is 24.9 Å². The summed E-state index contributed by atoms with van der Waals surface area (Å²) in [4.78, 5) is 41.9. The summed E-state index contributed by atoms with van der Waals surface area (Å²) in [5.41, 5.74) is -0.403. The van der Waals surface area contributed by atoms with E-state index in [1.165, 1.54) is 4.90 Å². The van der Waals surface area contributed by atoms with Gasteiger partial charge in [-0.3, -0.25) is 4.79 Å². The third-order valence-corrected chi connectivity index (χ3v) is 7.04. The van der Waals surface area contributed by atoms with Crippen LogP contribution in [0.2, 0.25) is 0 Å². The zero-order chi connectivity index (χ0) is 24.3. The molecule has 0 bridgehead atoms. The van der Waals surface area contributed by atoms with Crippen LogP contribution in [0.4, 0.5) is 4.79 Å². The Morgan fingerprint density at radius 3 is 2.68 bits per heavy atom. The highest BCUT2D eigenvalue weighted by molar-refractivity contribution is 5.94. The number of hydrogen-bond donors (Lipinski definition) is 3. The predicted octanol–water partition coefficient (Wildman–Crippen LogP) is 2.14. The van der Waals surface area contributed by atoms with Gasteiger partial charge >= 0.3 is 12.0 Å². The number of carbonyl (C=O) groups excluding carboxylic acids is 2. The lowest BCUT2D eigenvalue weighted by atomic mass is 10.1. The summed E-state index contributed by atoms with van der Waals surface area (Å²) < 4.78 is 5.21. The van der Waals surface area contributed by atoms with Gasteiger partial charge in [0.05, 0.1) is 13.2 Å². The fourth-order valence-corrected chi connectivity index (χ4v) is 4.92. The SMILES string of the molecule is COc1ccc(CN2CCCCCC=CC3CC3(C(=O)O)NC(=O)C3CC(O)CN3C2=O)cc1. The first-order valence-electron chi connectivity index (χ1n) is 11.9. The van der Waals surface area contributed by atoms with Crippen LogP contribution < -0.4 is 10.1 Å². The molecule has 1 saturated carbocycles. The molecule has 4 unspecified atom stereocenters. The van der Waals surface area contributed by atoms with Crippen LogP contribution in [-0.2, 0) is 16.1 Å². The van der Waals surface area contributed by atoms with Gasteiger partial charge in [0.15, 0.2) is 0 Å². The molecule has 2 fully saturated rings. The van der Waals surface area contributed by atoms with Gasteiger partial charge in [0, 0.05) is 32.0 Å². The van der Waals surface area contributed by atoms with Gasteiger partial charge in [-0.05, 0) is 43.4 Å². The van der Waals surface area contributed by atoms with Crippen molar-refractivity contribution in [1.29, 1.82) is 0 Å². The van der Waals surface area contributed by atoms with Gasteiger partial charge in [-0.2, -0.15) is 0 Å². The average Bonchev–Trinajstić information content (AvgIpc) is 3.38. The highest BCUT2D eigenvalue weighted by atomic mass is 16.5. The molecule has 1 aromatic carbocycles. The Morgan fingerprint density at radius 2 is 1.97 bits per heavy atom. The average molecular weight is 472 g/mol. The first-order valence-corrected chi connectivity index (χ1v) is 11.9. The van der Waals surface area contributed by atoms with Crippen molar-refractivity contribution in [2.75, 3.05) is 20.2 Å². The van der Waals surface area contributed by atoms with Crippen molar-refractivity contribution in [3.63, 3.8) is 0 Å². The van der Waals surface area contributed by atoms with Crippen LogP contribution in [0.1, 0.15) is 44.1 Å². The van der Waals surface area contributed by atoms with Crippen LogP contribution in [-0.4, -0.2) is 75.8 Å². The highest BCUT2D eigenvalue weighted by Crippen LogP contribution is 2.45. The maximum absolute atomic E-state index is 13.6. The summed E-state index contributed by atoms with van der Waals surface area (Å²) in [7, 11) is 1.60. The number of allylic oxidation sites excluding steroid dienone is 1. The minimum Gasteiger partial charge on any atom is -0.497 e. The summed E-state index contributed by atoms with van der Waals surface area (Å²) in [6.45, 7) is 0.932. The number of benzene rings is 1. The number of rotatable bonds is 4. The molecule has 184 valence electrons. The number of ether oxygens (including phenoxy) is 1. The summed E-state index contributed by atoms with van der Waals surface area (Å²) in [6.07, 6.45) is 6.96. The van der Waals surface area contributed by atoms with Crippen molar-refractivity contribution < 1.29 is 29.3 Å². The Balaban J connectivity index is 1.57. The van der Waals surface area contributed by atoms with Crippen LogP contribution in [0, 0.1) is 5.92 Å². The molecule has 1 aliphatic carbocycles. The van der Waals surface area contributed by atoms with Crippen LogP contribution in [0.25, 0.3) is 0 Å². The highest BCUT2D eigenvalue weighted by Gasteiger charge is 2.61. The first-order chi connectivity index (χ1) is 16.3. The van der Waals surface area contributed by atoms with Crippen molar-refractivity contribution in [3.8, 4) is 5.75 Å². The molecule has 3 N–H and O–H groups in total. The topological polar surface area (TPSA) is 119 Å². The van der Waals surface area contributed by atoms with Crippen molar-refractivity contribution >= 4 is 17.9 Å². The van der Waals surface area contributed by atoms with Gasteiger partial charge in [0.2, 0.25) is 5.91 Å². The Labute approximate surface area is 199 Å². The quantitative estimate of drug-likeness (QED) is 0.579. The third-order valence-electron chi connectivity index (χ3n) is 7.04. The monoisotopic (exact) mass is 471 g/mol. The largest absolute Gasteiger partial charge is 0.497 e. The van der Waals surface area contributed by atoms with Crippen LogP contribution >= 0.6 is 0 Å². The maximum Gasteiger partial charge on any atom is 0.330 e. The zero-order valence-electron chi connectivity index (χ0n) is 19.5. The number of carbonyl (C=O) groups is 3. The lowest BCUT2D eigenvalue weighted by Crippen LogP contribution is -2.55. The van der Waals surface area contributed by atoms with Crippen molar-refractivity contribution in [1.82, 2.24) is 15.1 Å². The second-order valence-corrected chi connectivity index (χ2v) is 9.46. The van der Waals surface area contributed by atoms with E-state index in [1.807, 2.05) is 36.4 Å². The Kier molecular flexibility index (Phi) is 7.11. The van der Waals surface area contributed by atoms with Crippen molar-refractivity contribution in [2.24, 2.45) is 5.92 Å². The van der Waals surface area contributed by atoms with E-state index < -0.39 is 29.6 Å². The van der Waals surface area contributed by atoms with E-state index in [4.69, 9.17) is 4.74 Å². The number of amides is 3. The standard InChI is InChI=1S/C25H33N3O6/c1-34-20-10-8-17(9-11-20)15-27-12-6-4-2-3-5-7-18-14-25(18,23(31)32)26-22(30)21-13-19(29)16-28(21)24(27)33/h5,7-11,18-19,21,29H,2-4,6,12-16H2,1H3,(H,26,30)(H,31,32). The molecular weight excluding hydrogens is 438 g/mol. The van der Waals surface area contributed by atoms with Gasteiger partial charge in [0.1, 0.15) is 17.3 Å². The van der Waals surface area contributed by atoms with Crippen molar-refractivity contribution in [2.45, 2.75) is 62.8 Å². The molecule has 9 heteroatoms. The van der Waals surface area contributed by atoms with E-state index >= 15 is 0 Å². The lowest BCUT2D eigenvalue weighted by molar-refractivity contribution is -0.144. The molecule has 0 spiro atoms. The molecule has 3 amide bonds. The molecule has 0 aromatic heterocycles. The number of nitrogens with one attached hydrogen (secondary N) is 1. The molecule has 0 radical (unpaired) electrons. The number of aliphatic carboxylic acids is 1. The molecule has 3 aliphatic rings. The number of fused-ring (bicyclic) bond motifs is 2. The third kappa shape index (κ3) is 5.04. The van der Waals surface area contributed by atoms with Gasteiger partial charge < -0.3 is 30.1 Å². The summed E-state index contributed by atoms with van der Waals surface area (Å²) in [6, 6.07) is 6.25. The van der Waals surface area contributed by atoms with Gasteiger partial charge in [-0.25, -0.2) is 9.59 Å². The fourth-order valence-electron chi connectivity index (χ4n) is 4.92. The minimum absolute atomic E-state index is 0.0411. The molecule has 1 aromatic rings. The number of aliphatic hydroxyl groups excluding tert-OH is 1. The van der Waals surface area contributed by atoms with Crippen LogP contribution in [0.5, 0.6) is 5.75 Å². The zero-order valence-corrected chi connectivity index (χ0v) is 19.5. The maximum atomic E-state index is 13.6. The van der Waals surface area contributed by atoms with Gasteiger partial charge in [-0.15, -0.1) is 0 Å². The normalized spacial score (nSPS) is 30.0. The molecule has 2 heterocycles. The summed E-state index contributed by atoms with van der Waals surface area (Å²) >= 11 is 0. The number of carboxylic acid groups (broad SMARTS) is 1. The second kappa shape index (κ2) is 10.0. The van der Waals surface area contributed by atoms with E-state index in [0.717, 1.165) is 37.0 Å². The minimum atomic E-state index is -1.33. The number of aliphatic hydroxyl groups is 1. The van der Waals surface area contributed by atoms with Crippen LogP contribution in [0.3, 0.4) is 0 Å². The molecule has 2 aliphatic heterocycles. The van der Waals surface area contributed by atoms with Crippen LogP contribution in [0.15, 0.2) is 36.4 Å². The number of methoxy groups -OCH3 is 1. The predicted molar refractivity (Wildman–Crippen MR) is 124 cm³/mol. The number of hydrogen-bond acceptors (Lipinski definition) is 5. The second-order valence-electron chi connectivity index (χ2n) is 9.46. The van der Waals surface area contributed by atoms with E-state index in [0.29, 0.717) is 19.5 Å². The number of urea groups is 1. The van der Waals surface area contributed by atoms with Gasteiger partial charge in [0.25, 0.3) is 0 Å². The van der Waals surface area contributed by atoms with E-state index in [2.05, 4.69) is 5.32 Å². The molecule has 4 rings (SSSR count). The first kappa shape index (κ1) is 24.1.